The first-order valence-corrected chi connectivity index (χ1v) is 15.9. The maximum atomic E-state index is 14.1. The Morgan fingerprint density at radius 2 is 1.45 bits per heavy atom. The van der Waals surface area contributed by atoms with Crippen LogP contribution in [-0.2, 0) is 11.2 Å². The molecule has 0 saturated carbocycles. The minimum atomic E-state index is -0.686. The van der Waals surface area contributed by atoms with E-state index in [4.69, 9.17) is 0 Å². The Morgan fingerprint density at radius 1 is 0.841 bits per heavy atom. The number of piperazine rings is 1. The van der Waals surface area contributed by atoms with Crippen LogP contribution in [0.3, 0.4) is 0 Å². The van der Waals surface area contributed by atoms with Gasteiger partial charge in [0.05, 0.1) is 0 Å². The summed E-state index contributed by atoms with van der Waals surface area (Å²) in [5.74, 6) is -0.381. The second-order valence-electron chi connectivity index (χ2n) is 11.9. The largest absolute Gasteiger partial charge is 0.339 e. The lowest BCUT2D eigenvalue weighted by molar-refractivity contribution is -0.135. The number of nitrogens with one attached hydrogen (secondary N) is 1. The summed E-state index contributed by atoms with van der Waals surface area (Å²) in [4.78, 5) is 38.8. The first-order chi connectivity index (χ1) is 21.3. The number of rotatable bonds is 11. The van der Waals surface area contributed by atoms with E-state index >= 15 is 0 Å². The van der Waals surface area contributed by atoms with Crippen molar-refractivity contribution >= 4 is 22.6 Å². The predicted octanol–water partition coefficient (Wildman–Crippen LogP) is 5.42. The van der Waals surface area contributed by atoms with E-state index in [1.165, 1.54) is 11.1 Å². The summed E-state index contributed by atoms with van der Waals surface area (Å²) in [7, 11) is 0. The van der Waals surface area contributed by atoms with Gasteiger partial charge in [-0.2, -0.15) is 0 Å². The zero-order valence-electron chi connectivity index (χ0n) is 26.5. The Balaban J connectivity index is 1.32. The van der Waals surface area contributed by atoms with Crippen molar-refractivity contribution in [3.63, 3.8) is 0 Å². The number of hydrogen-bond donors (Lipinski definition) is 1. The number of pyridine rings is 1. The molecule has 2 amide bonds. The first-order valence-electron chi connectivity index (χ1n) is 15.9. The van der Waals surface area contributed by atoms with Crippen molar-refractivity contribution in [1.29, 1.82) is 0 Å². The number of aryl methyl sites for hydroxylation is 2. The molecule has 2 atom stereocenters. The molecule has 1 aliphatic heterocycles. The molecule has 44 heavy (non-hydrogen) atoms. The SMILES string of the molecule is CCN(CC)CC(c1ccc(C)cc1)N1CCN(C(=O)C(Cc2ccc(C)cc2)NC(=O)c2cc3ccccc3cn2)CC1. The van der Waals surface area contributed by atoms with Crippen LogP contribution in [0.1, 0.15) is 52.6 Å². The molecule has 230 valence electrons. The molecule has 5 rings (SSSR count). The molecular weight excluding hydrogens is 546 g/mol. The normalized spacial score (nSPS) is 15.3. The zero-order valence-corrected chi connectivity index (χ0v) is 26.5. The first kappa shape index (κ1) is 31.4. The van der Waals surface area contributed by atoms with Crippen LogP contribution in [0.2, 0.25) is 0 Å². The molecule has 1 N–H and O–H groups in total. The molecule has 1 fully saturated rings. The average molecular weight is 592 g/mol. The van der Waals surface area contributed by atoms with Crippen LogP contribution in [0.25, 0.3) is 10.8 Å². The fraction of sp³-hybridized carbons (Fsp3) is 0.378. The highest BCUT2D eigenvalue weighted by Crippen LogP contribution is 2.25. The second-order valence-corrected chi connectivity index (χ2v) is 11.9. The number of carbonyl (C=O) groups excluding carboxylic acids is 2. The Morgan fingerprint density at radius 3 is 2.09 bits per heavy atom. The average Bonchev–Trinajstić information content (AvgIpc) is 3.06. The van der Waals surface area contributed by atoms with Crippen LogP contribution < -0.4 is 5.32 Å². The van der Waals surface area contributed by atoms with Gasteiger partial charge in [-0.1, -0.05) is 97.8 Å². The Bertz CT molecular complexity index is 1540. The fourth-order valence-corrected chi connectivity index (χ4v) is 6.02. The van der Waals surface area contributed by atoms with E-state index in [0.717, 1.165) is 54.6 Å². The minimum Gasteiger partial charge on any atom is -0.339 e. The Kier molecular flexibility index (Phi) is 10.4. The number of carbonyl (C=O) groups is 2. The molecule has 1 aromatic heterocycles. The molecule has 1 aliphatic rings. The maximum absolute atomic E-state index is 14.1. The van der Waals surface area contributed by atoms with Gasteiger partial charge in [0.25, 0.3) is 5.91 Å². The number of nitrogens with zero attached hydrogens (tertiary/aromatic N) is 4. The number of fused-ring (bicyclic) bond motifs is 1. The fourth-order valence-electron chi connectivity index (χ4n) is 6.02. The van der Waals surface area contributed by atoms with Gasteiger partial charge in [-0.3, -0.25) is 19.5 Å². The highest BCUT2D eigenvalue weighted by atomic mass is 16.2. The van der Waals surface area contributed by atoms with Gasteiger partial charge in [0.15, 0.2) is 0 Å². The number of amides is 2. The van der Waals surface area contributed by atoms with Crippen LogP contribution in [0.4, 0.5) is 0 Å². The van der Waals surface area contributed by atoms with Crippen LogP contribution in [-0.4, -0.2) is 83.4 Å². The molecule has 0 aliphatic carbocycles. The van der Waals surface area contributed by atoms with Crippen LogP contribution in [0, 0.1) is 13.8 Å². The lowest BCUT2D eigenvalue weighted by Crippen LogP contribution is -2.56. The standard InChI is InChI=1S/C37H45N5O2/c1-5-40(6-2)26-35(30-17-13-28(4)14-18-30)41-19-21-42(22-20-41)37(44)34(23-29-15-11-27(3)12-16-29)39-36(43)33-24-31-9-7-8-10-32(31)25-38-33/h7-18,24-25,34-35H,5-6,19-23,26H2,1-4H3,(H,39,43). The highest BCUT2D eigenvalue weighted by molar-refractivity contribution is 5.99. The van der Waals surface area contributed by atoms with Gasteiger partial charge in [0, 0.05) is 56.8 Å². The molecule has 0 radical (unpaired) electrons. The molecule has 0 bridgehead atoms. The van der Waals surface area contributed by atoms with Gasteiger partial charge in [0.1, 0.15) is 11.7 Å². The molecule has 7 heteroatoms. The third kappa shape index (κ3) is 7.71. The van der Waals surface area contributed by atoms with Gasteiger partial charge in [0.2, 0.25) is 5.91 Å². The van der Waals surface area contributed by atoms with Crippen LogP contribution in [0.5, 0.6) is 0 Å². The molecule has 2 unspecified atom stereocenters. The van der Waals surface area contributed by atoms with Crippen molar-refractivity contribution in [1.82, 2.24) is 25.0 Å². The Hall–Kier alpha value is -4.07. The van der Waals surface area contributed by atoms with Crippen molar-refractivity contribution < 1.29 is 9.59 Å². The number of likely N-dealkylation sites (N-methyl/N-ethyl adjacent to an activating group) is 1. The molecule has 7 nitrogen and oxygen atoms in total. The van der Waals surface area contributed by atoms with Crippen LogP contribution in [0.15, 0.2) is 85.1 Å². The molecular formula is C37H45N5O2. The molecule has 0 spiro atoms. The van der Waals surface area contributed by atoms with Gasteiger partial charge >= 0.3 is 0 Å². The quantitative estimate of drug-likeness (QED) is 0.252. The van der Waals surface area contributed by atoms with Gasteiger partial charge in [-0.05, 0) is 49.5 Å². The second kappa shape index (κ2) is 14.6. The number of hydrogen-bond acceptors (Lipinski definition) is 5. The summed E-state index contributed by atoms with van der Waals surface area (Å²) < 4.78 is 0. The maximum Gasteiger partial charge on any atom is 0.270 e. The molecule has 2 heterocycles. The van der Waals surface area contributed by atoms with Crippen molar-refractivity contribution in [2.45, 2.75) is 46.2 Å². The van der Waals surface area contributed by atoms with Crippen molar-refractivity contribution in [3.8, 4) is 0 Å². The zero-order chi connectivity index (χ0) is 31.1. The monoisotopic (exact) mass is 591 g/mol. The third-order valence-corrected chi connectivity index (χ3v) is 8.88. The van der Waals surface area contributed by atoms with E-state index in [1.54, 1.807) is 12.3 Å². The van der Waals surface area contributed by atoms with E-state index in [1.807, 2.05) is 60.4 Å². The van der Waals surface area contributed by atoms with Gasteiger partial charge in [-0.25, -0.2) is 0 Å². The molecule has 3 aromatic carbocycles. The van der Waals surface area contributed by atoms with E-state index in [-0.39, 0.29) is 17.9 Å². The number of benzene rings is 3. The van der Waals surface area contributed by atoms with Crippen molar-refractivity contribution in [2.24, 2.45) is 0 Å². The molecule has 1 saturated heterocycles. The van der Waals surface area contributed by atoms with Crippen molar-refractivity contribution in [2.75, 3.05) is 45.8 Å². The predicted molar refractivity (Wildman–Crippen MR) is 178 cm³/mol. The lowest BCUT2D eigenvalue weighted by Gasteiger charge is -2.42. The van der Waals surface area contributed by atoms with Crippen molar-refractivity contribution in [3.05, 3.63) is 113 Å². The number of aromatic nitrogens is 1. The Labute approximate surface area is 261 Å². The highest BCUT2D eigenvalue weighted by Gasteiger charge is 2.32. The smallest absolute Gasteiger partial charge is 0.270 e. The van der Waals surface area contributed by atoms with E-state index in [2.05, 4.69) is 65.1 Å². The minimum absolute atomic E-state index is 0.0463. The van der Waals surface area contributed by atoms with E-state index < -0.39 is 6.04 Å². The lowest BCUT2D eigenvalue weighted by atomic mass is 10.0. The summed E-state index contributed by atoms with van der Waals surface area (Å²) in [6.07, 6.45) is 2.13. The summed E-state index contributed by atoms with van der Waals surface area (Å²) in [6, 6.07) is 26.2. The summed E-state index contributed by atoms with van der Waals surface area (Å²) in [6.45, 7) is 14.3. The van der Waals surface area contributed by atoms with Gasteiger partial charge < -0.3 is 15.1 Å². The summed E-state index contributed by atoms with van der Waals surface area (Å²) in [5, 5.41) is 4.97. The van der Waals surface area contributed by atoms with E-state index in [0.29, 0.717) is 25.2 Å². The van der Waals surface area contributed by atoms with Crippen LogP contribution >= 0.6 is 0 Å². The van der Waals surface area contributed by atoms with E-state index in [9.17, 15) is 9.59 Å². The third-order valence-electron chi connectivity index (χ3n) is 8.88. The summed E-state index contributed by atoms with van der Waals surface area (Å²) in [5.41, 5.74) is 5.05. The summed E-state index contributed by atoms with van der Waals surface area (Å²) >= 11 is 0. The van der Waals surface area contributed by atoms with Gasteiger partial charge in [-0.15, -0.1) is 0 Å². The molecule has 4 aromatic rings. The topological polar surface area (TPSA) is 68.8 Å².